The molecule has 0 fully saturated rings. The van der Waals surface area contributed by atoms with Crippen molar-refractivity contribution in [1.29, 1.82) is 0 Å². The van der Waals surface area contributed by atoms with E-state index in [9.17, 15) is 0 Å². The quantitative estimate of drug-likeness (QED) is 0.441. The van der Waals surface area contributed by atoms with Crippen molar-refractivity contribution in [2.75, 3.05) is 10.7 Å². The number of nitrogens with two attached hydrogens (primary N) is 2. The predicted molar refractivity (Wildman–Crippen MR) is 85.8 cm³/mol. The molecule has 0 radical (unpaired) electrons. The van der Waals surface area contributed by atoms with Crippen LogP contribution in [0.15, 0.2) is 48.7 Å². The van der Waals surface area contributed by atoms with Crippen LogP contribution in [-0.2, 0) is 6.54 Å². The Morgan fingerprint density at radius 2 is 2.00 bits per heavy atom. The number of nitrogens with zero attached hydrogens (tertiary/aromatic N) is 3. The van der Waals surface area contributed by atoms with Gasteiger partial charge in [0.15, 0.2) is 5.82 Å². The molecule has 0 aliphatic carbocycles. The first kappa shape index (κ1) is 13.6. The van der Waals surface area contributed by atoms with E-state index < -0.39 is 0 Å². The number of pyridine rings is 2. The first-order valence-electron chi connectivity index (χ1n) is 6.41. The van der Waals surface area contributed by atoms with Gasteiger partial charge < -0.3 is 5.73 Å². The Morgan fingerprint density at radius 1 is 1.14 bits per heavy atom. The summed E-state index contributed by atoms with van der Waals surface area (Å²) in [5.74, 6) is 6.52. The minimum atomic E-state index is 0.359. The Labute approximate surface area is 127 Å². The standard InChI is InChI=1S/C15H14ClN5/c16-14-6-4-12(17)15(20-14)21(18)9-10-3-5-13-11(8-10)2-1-7-19-13/h1-8H,9,17-18H2. The van der Waals surface area contributed by atoms with E-state index in [2.05, 4.69) is 9.97 Å². The van der Waals surface area contributed by atoms with Gasteiger partial charge in [0, 0.05) is 11.6 Å². The van der Waals surface area contributed by atoms with E-state index in [1.54, 1.807) is 18.3 Å². The summed E-state index contributed by atoms with van der Waals surface area (Å²) in [5.41, 5.74) is 8.36. The van der Waals surface area contributed by atoms with Gasteiger partial charge in [-0.25, -0.2) is 10.8 Å². The maximum atomic E-state index is 6.06. The van der Waals surface area contributed by atoms with Gasteiger partial charge in [0.2, 0.25) is 0 Å². The average molecular weight is 300 g/mol. The fourth-order valence-corrected chi connectivity index (χ4v) is 2.30. The SMILES string of the molecule is Nc1ccc(Cl)nc1N(N)Cc1ccc2ncccc2c1. The summed E-state index contributed by atoms with van der Waals surface area (Å²) >= 11 is 5.88. The molecule has 3 rings (SSSR count). The number of rotatable bonds is 3. The van der Waals surface area contributed by atoms with Gasteiger partial charge in [-0.05, 0) is 35.9 Å². The Balaban J connectivity index is 1.88. The van der Waals surface area contributed by atoms with Gasteiger partial charge >= 0.3 is 0 Å². The largest absolute Gasteiger partial charge is 0.396 e. The van der Waals surface area contributed by atoms with Crippen LogP contribution >= 0.6 is 11.6 Å². The van der Waals surface area contributed by atoms with Crippen LogP contribution in [0, 0.1) is 0 Å². The average Bonchev–Trinajstić information content (AvgIpc) is 2.49. The summed E-state index contributed by atoms with van der Waals surface area (Å²) in [6.45, 7) is 0.475. The van der Waals surface area contributed by atoms with Crippen LogP contribution in [0.5, 0.6) is 0 Å². The zero-order valence-electron chi connectivity index (χ0n) is 11.2. The Kier molecular flexibility index (Phi) is 3.60. The maximum absolute atomic E-state index is 6.06. The summed E-state index contributed by atoms with van der Waals surface area (Å²) in [6, 6.07) is 13.2. The molecule has 0 saturated carbocycles. The van der Waals surface area contributed by atoms with Gasteiger partial charge in [-0.3, -0.25) is 9.99 Å². The van der Waals surface area contributed by atoms with E-state index in [0.29, 0.717) is 23.2 Å². The predicted octanol–water partition coefficient (Wildman–Crippen LogP) is 2.75. The van der Waals surface area contributed by atoms with E-state index >= 15 is 0 Å². The van der Waals surface area contributed by atoms with Gasteiger partial charge in [-0.1, -0.05) is 23.7 Å². The van der Waals surface area contributed by atoms with Crippen molar-refractivity contribution in [2.45, 2.75) is 6.54 Å². The molecule has 4 N–H and O–H groups in total. The number of hydrogen-bond acceptors (Lipinski definition) is 5. The number of anilines is 2. The lowest BCUT2D eigenvalue weighted by Gasteiger charge is -2.19. The zero-order chi connectivity index (χ0) is 14.8. The Morgan fingerprint density at radius 3 is 2.86 bits per heavy atom. The van der Waals surface area contributed by atoms with Gasteiger partial charge in [0.05, 0.1) is 17.7 Å². The van der Waals surface area contributed by atoms with Crippen molar-refractivity contribution in [1.82, 2.24) is 9.97 Å². The highest BCUT2D eigenvalue weighted by atomic mass is 35.5. The molecule has 0 amide bonds. The summed E-state index contributed by atoms with van der Waals surface area (Å²) in [6.07, 6.45) is 1.77. The van der Waals surface area contributed by atoms with Gasteiger partial charge in [-0.15, -0.1) is 0 Å². The fraction of sp³-hybridized carbons (Fsp3) is 0.0667. The summed E-state index contributed by atoms with van der Waals surface area (Å²) < 4.78 is 0. The molecule has 0 saturated heterocycles. The lowest BCUT2D eigenvalue weighted by Crippen LogP contribution is -2.31. The molecular formula is C15H14ClN5. The second-order valence-corrected chi connectivity index (χ2v) is 5.09. The van der Waals surface area contributed by atoms with E-state index in [1.807, 2.05) is 30.3 Å². The number of halogens is 1. The molecule has 0 spiro atoms. The third kappa shape index (κ3) is 2.89. The normalized spacial score (nSPS) is 10.8. The molecule has 1 aromatic carbocycles. The van der Waals surface area contributed by atoms with Gasteiger partial charge in [0.25, 0.3) is 0 Å². The Hall–Kier alpha value is -2.37. The van der Waals surface area contributed by atoms with Crippen molar-refractivity contribution >= 4 is 34.0 Å². The smallest absolute Gasteiger partial charge is 0.167 e. The summed E-state index contributed by atoms with van der Waals surface area (Å²) in [4.78, 5) is 8.45. The number of nitrogen functional groups attached to an aromatic ring is 1. The van der Waals surface area contributed by atoms with Crippen molar-refractivity contribution in [2.24, 2.45) is 5.84 Å². The molecular weight excluding hydrogens is 286 g/mol. The van der Waals surface area contributed by atoms with E-state index in [-0.39, 0.29) is 0 Å². The highest BCUT2D eigenvalue weighted by Crippen LogP contribution is 2.23. The van der Waals surface area contributed by atoms with E-state index in [1.165, 1.54) is 5.01 Å². The lowest BCUT2D eigenvalue weighted by molar-refractivity contribution is 0.835. The second-order valence-electron chi connectivity index (χ2n) is 4.71. The van der Waals surface area contributed by atoms with Crippen molar-refractivity contribution in [3.05, 3.63) is 59.4 Å². The maximum Gasteiger partial charge on any atom is 0.167 e. The molecule has 106 valence electrons. The fourth-order valence-electron chi connectivity index (χ4n) is 2.16. The van der Waals surface area contributed by atoms with Crippen LogP contribution in [0.3, 0.4) is 0 Å². The molecule has 0 bridgehead atoms. The molecule has 0 atom stereocenters. The number of fused-ring (bicyclic) bond motifs is 1. The van der Waals surface area contributed by atoms with Crippen LogP contribution in [0.25, 0.3) is 10.9 Å². The van der Waals surface area contributed by atoms with Crippen molar-refractivity contribution in [3.8, 4) is 0 Å². The minimum Gasteiger partial charge on any atom is -0.396 e. The third-order valence-corrected chi connectivity index (χ3v) is 3.37. The molecule has 2 heterocycles. The van der Waals surface area contributed by atoms with Gasteiger partial charge in [0.1, 0.15) is 5.15 Å². The number of hydrazine groups is 1. The van der Waals surface area contributed by atoms with Crippen LogP contribution in [0.4, 0.5) is 11.5 Å². The Bertz CT molecular complexity index is 790. The molecule has 0 aliphatic heterocycles. The topological polar surface area (TPSA) is 81.1 Å². The summed E-state index contributed by atoms with van der Waals surface area (Å²) in [5, 5.41) is 2.91. The molecule has 21 heavy (non-hydrogen) atoms. The molecule has 2 aromatic heterocycles. The first-order chi connectivity index (χ1) is 10.1. The first-order valence-corrected chi connectivity index (χ1v) is 6.79. The van der Waals surface area contributed by atoms with Crippen molar-refractivity contribution in [3.63, 3.8) is 0 Å². The van der Waals surface area contributed by atoms with Crippen molar-refractivity contribution < 1.29 is 0 Å². The number of aromatic nitrogens is 2. The highest BCUT2D eigenvalue weighted by Gasteiger charge is 2.09. The van der Waals surface area contributed by atoms with Crippen LogP contribution in [0.2, 0.25) is 5.15 Å². The molecule has 6 heteroatoms. The lowest BCUT2D eigenvalue weighted by atomic mass is 10.1. The molecule has 3 aromatic rings. The van der Waals surface area contributed by atoms with E-state index in [4.69, 9.17) is 23.2 Å². The highest BCUT2D eigenvalue weighted by molar-refractivity contribution is 6.29. The van der Waals surface area contributed by atoms with Gasteiger partial charge in [-0.2, -0.15) is 0 Å². The minimum absolute atomic E-state index is 0.359. The third-order valence-electron chi connectivity index (χ3n) is 3.16. The molecule has 5 nitrogen and oxygen atoms in total. The molecule has 0 unspecified atom stereocenters. The number of benzene rings is 1. The zero-order valence-corrected chi connectivity index (χ0v) is 12.0. The molecule has 0 aliphatic rings. The van der Waals surface area contributed by atoms with Crippen LogP contribution in [0.1, 0.15) is 5.56 Å². The monoisotopic (exact) mass is 299 g/mol. The number of hydrogen-bond donors (Lipinski definition) is 2. The second kappa shape index (κ2) is 5.55. The van der Waals surface area contributed by atoms with Crippen LogP contribution < -0.4 is 16.6 Å². The summed E-state index contributed by atoms with van der Waals surface area (Å²) in [7, 11) is 0. The van der Waals surface area contributed by atoms with E-state index in [0.717, 1.165) is 16.5 Å². The van der Waals surface area contributed by atoms with Crippen LogP contribution in [-0.4, -0.2) is 9.97 Å².